The lowest BCUT2D eigenvalue weighted by atomic mass is 9.40. The summed E-state index contributed by atoms with van der Waals surface area (Å²) in [6.07, 6.45) is 11.7. The van der Waals surface area contributed by atoms with E-state index in [-0.39, 0.29) is 27.6 Å². The Kier molecular flexibility index (Phi) is 4.56. The summed E-state index contributed by atoms with van der Waals surface area (Å²) in [5, 5.41) is 0. The largest absolute Gasteiger partial charge is 0.465 e. The molecule has 152 valence electrons. The topological polar surface area (TPSA) is 43.4 Å². The Morgan fingerprint density at radius 3 is 2.56 bits per heavy atom. The molecule has 4 aliphatic carbocycles. The van der Waals surface area contributed by atoms with Gasteiger partial charge >= 0.3 is 5.97 Å². The van der Waals surface area contributed by atoms with Crippen LogP contribution in [-0.2, 0) is 14.3 Å². The Morgan fingerprint density at radius 2 is 1.81 bits per heavy atom. The fourth-order valence-corrected chi connectivity index (χ4v) is 8.22. The summed E-state index contributed by atoms with van der Waals surface area (Å²) in [5.74, 6) is 1.57. The van der Waals surface area contributed by atoms with E-state index >= 15 is 0 Å². The molecule has 0 N–H and O–H groups in total. The molecule has 4 rings (SSSR count). The van der Waals surface area contributed by atoms with E-state index in [0.29, 0.717) is 24.2 Å². The third-order valence-corrected chi connectivity index (χ3v) is 9.55. The minimum absolute atomic E-state index is 0.0472. The van der Waals surface area contributed by atoms with Gasteiger partial charge in [-0.15, -0.1) is 0 Å². The summed E-state index contributed by atoms with van der Waals surface area (Å²) < 4.78 is 5.75. The average molecular weight is 375 g/mol. The minimum Gasteiger partial charge on any atom is -0.465 e. The normalized spacial score (nSPS) is 48.7. The van der Waals surface area contributed by atoms with Crippen LogP contribution in [0.5, 0.6) is 0 Å². The predicted molar refractivity (Wildman–Crippen MR) is 106 cm³/mol. The lowest BCUT2D eigenvalue weighted by Gasteiger charge is -2.63. The van der Waals surface area contributed by atoms with Crippen molar-refractivity contribution in [1.82, 2.24) is 0 Å². The van der Waals surface area contributed by atoms with Gasteiger partial charge in [-0.1, -0.05) is 33.6 Å². The van der Waals surface area contributed by atoms with E-state index in [4.69, 9.17) is 4.74 Å². The maximum Gasteiger partial charge on any atom is 0.312 e. The van der Waals surface area contributed by atoms with Gasteiger partial charge in [-0.2, -0.15) is 0 Å². The van der Waals surface area contributed by atoms with Crippen LogP contribution in [0.1, 0.15) is 98.3 Å². The molecule has 27 heavy (non-hydrogen) atoms. The second kappa shape index (κ2) is 6.32. The van der Waals surface area contributed by atoms with Crippen LogP contribution in [0.2, 0.25) is 0 Å². The van der Waals surface area contributed by atoms with Crippen molar-refractivity contribution in [2.45, 2.75) is 98.3 Å². The number of fused-ring (bicyclic) bond motifs is 3. The van der Waals surface area contributed by atoms with E-state index in [2.05, 4.69) is 27.7 Å². The molecular formula is C24H38O3. The summed E-state index contributed by atoms with van der Waals surface area (Å²) in [7, 11) is 0. The van der Waals surface area contributed by atoms with E-state index in [0.717, 1.165) is 57.8 Å². The molecule has 0 aromatic carbocycles. The number of carbonyl (C=O) groups is 2. The minimum atomic E-state index is -0.342. The molecule has 6 atom stereocenters. The van der Waals surface area contributed by atoms with Gasteiger partial charge in [0, 0.05) is 11.8 Å². The van der Waals surface area contributed by atoms with Crippen molar-refractivity contribution in [3.8, 4) is 0 Å². The standard InChI is InChI=1S/C24H38O3/c1-5-6-14-27-20(26)23(4)11-7-10-22(3)17(23)9-13-24-15-19(25)21(2,16-24)12-8-18(22)24/h17-18H,5-16H2,1-4H3/t17-,18-,21-,22+,23+,24?/m0/s1. The molecule has 4 fully saturated rings. The number of carbonyl (C=O) groups excluding carboxylic acids is 2. The van der Waals surface area contributed by atoms with E-state index in [1.807, 2.05) is 0 Å². The Labute approximate surface area is 165 Å². The number of ketones is 1. The predicted octanol–water partition coefficient (Wildman–Crippen LogP) is 5.70. The first-order valence-corrected chi connectivity index (χ1v) is 11.4. The highest BCUT2D eigenvalue weighted by molar-refractivity contribution is 5.88. The van der Waals surface area contributed by atoms with Crippen LogP contribution in [0.3, 0.4) is 0 Å². The van der Waals surface area contributed by atoms with Crippen molar-refractivity contribution >= 4 is 11.8 Å². The summed E-state index contributed by atoms with van der Waals surface area (Å²) in [6, 6.07) is 0. The number of hydrogen-bond acceptors (Lipinski definition) is 3. The van der Waals surface area contributed by atoms with Crippen LogP contribution in [0.25, 0.3) is 0 Å². The van der Waals surface area contributed by atoms with Crippen molar-refractivity contribution in [1.29, 1.82) is 0 Å². The van der Waals surface area contributed by atoms with E-state index in [1.165, 1.54) is 12.8 Å². The van der Waals surface area contributed by atoms with E-state index < -0.39 is 0 Å². The SMILES string of the molecule is CCCCOC(=O)[C@]1(C)CCC[C@@]2(C)[C@@H]3CC[C@@]4(C)CC3(CC[C@@H]21)CC4=O. The highest BCUT2D eigenvalue weighted by Crippen LogP contribution is 2.73. The molecule has 3 nitrogen and oxygen atoms in total. The van der Waals surface area contributed by atoms with Gasteiger partial charge in [0.15, 0.2) is 0 Å². The fraction of sp³-hybridized carbons (Fsp3) is 0.917. The van der Waals surface area contributed by atoms with Crippen LogP contribution < -0.4 is 0 Å². The Hall–Kier alpha value is -0.860. The molecule has 0 aromatic heterocycles. The van der Waals surface area contributed by atoms with Crippen LogP contribution in [0.15, 0.2) is 0 Å². The number of rotatable bonds is 4. The zero-order chi connectivity index (χ0) is 19.5. The molecule has 2 bridgehead atoms. The third kappa shape index (κ3) is 2.66. The number of unbranched alkanes of at least 4 members (excludes halogenated alkanes) is 1. The molecule has 0 radical (unpaired) electrons. The first-order chi connectivity index (χ1) is 12.7. The molecular weight excluding hydrogens is 336 g/mol. The summed E-state index contributed by atoms with van der Waals surface area (Å²) in [5.41, 5.74) is 0.00311. The smallest absolute Gasteiger partial charge is 0.312 e. The summed E-state index contributed by atoms with van der Waals surface area (Å²) >= 11 is 0. The molecule has 4 aliphatic rings. The molecule has 0 saturated heterocycles. The Morgan fingerprint density at radius 1 is 1.07 bits per heavy atom. The monoisotopic (exact) mass is 374 g/mol. The molecule has 0 amide bonds. The second-order valence-electron chi connectivity index (χ2n) is 11.1. The van der Waals surface area contributed by atoms with Crippen molar-refractivity contribution in [3.05, 3.63) is 0 Å². The molecule has 0 heterocycles. The fourth-order valence-electron chi connectivity index (χ4n) is 8.22. The van der Waals surface area contributed by atoms with Gasteiger partial charge in [0.1, 0.15) is 5.78 Å². The first-order valence-electron chi connectivity index (χ1n) is 11.4. The molecule has 1 spiro atoms. The average Bonchev–Trinajstić information content (AvgIpc) is 2.79. The van der Waals surface area contributed by atoms with Crippen molar-refractivity contribution < 1.29 is 14.3 Å². The maximum absolute atomic E-state index is 13.1. The highest BCUT2D eigenvalue weighted by Gasteiger charge is 2.68. The molecule has 0 aromatic rings. The quantitative estimate of drug-likeness (QED) is 0.468. The number of hydrogen-bond donors (Lipinski definition) is 0. The van der Waals surface area contributed by atoms with Crippen LogP contribution in [0.4, 0.5) is 0 Å². The third-order valence-electron chi connectivity index (χ3n) is 9.55. The number of Topliss-reactive ketones (excluding diaryl/α,β-unsaturated/α-hetero) is 1. The molecule has 3 heteroatoms. The van der Waals surface area contributed by atoms with Gasteiger partial charge in [-0.05, 0) is 81.0 Å². The zero-order valence-electron chi connectivity index (χ0n) is 17.9. The second-order valence-corrected chi connectivity index (χ2v) is 11.1. The number of ether oxygens (including phenoxy) is 1. The van der Waals surface area contributed by atoms with E-state index in [1.54, 1.807) is 0 Å². The molecule has 0 aliphatic heterocycles. The van der Waals surface area contributed by atoms with Gasteiger partial charge in [-0.25, -0.2) is 0 Å². The van der Waals surface area contributed by atoms with Gasteiger partial charge in [0.25, 0.3) is 0 Å². The van der Waals surface area contributed by atoms with Gasteiger partial charge in [-0.3, -0.25) is 9.59 Å². The van der Waals surface area contributed by atoms with Crippen molar-refractivity contribution in [2.24, 2.45) is 33.5 Å². The molecule has 4 saturated carbocycles. The summed E-state index contributed by atoms with van der Waals surface area (Å²) in [4.78, 5) is 25.9. The summed E-state index contributed by atoms with van der Waals surface area (Å²) in [6.45, 7) is 9.56. The van der Waals surface area contributed by atoms with Gasteiger partial charge < -0.3 is 4.74 Å². The van der Waals surface area contributed by atoms with Crippen LogP contribution in [0, 0.1) is 33.5 Å². The van der Waals surface area contributed by atoms with Crippen molar-refractivity contribution in [2.75, 3.05) is 6.61 Å². The zero-order valence-corrected chi connectivity index (χ0v) is 17.9. The van der Waals surface area contributed by atoms with Gasteiger partial charge in [0.2, 0.25) is 0 Å². The van der Waals surface area contributed by atoms with Crippen LogP contribution >= 0.6 is 0 Å². The Balaban J connectivity index is 1.62. The highest BCUT2D eigenvalue weighted by atomic mass is 16.5. The van der Waals surface area contributed by atoms with Gasteiger partial charge in [0.05, 0.1) is 12.0 Å². The Bertz CT molecular complexity index is 642. The first kappa shape index (κ1) is 19.5. The van der Waals surface area contributed by atoms with E-state index in [9.17, 15) is 9.59 Å². The number of esters is 1. The maximum atomic E-state index is 13.1. The lowest BCUT2D eigenvalue weighted by Crippen LogP contribution is -2.58. The van der Waals surface area contributed by atoms with Crippen LogP contribution in [-0.4, -0.2) is 18.4 Å². The molecule has 1 unspecified atom stereocenters. The lowest BCUT2D eigenvalue weighted by molar-refractivity contribution is -0.188. The van der Waals surface area contributed by atoms with Crippen molar-refractivity contribution in [3.63, 3.8) is 0 Å².